The lowest BCUT2D eigenvalue weighted by Gasteiger charge is -2.31. The van der Waals surface area contributed by atoms with E-state index in [-0.39, 0.29) is 30.4 Å². The molecule has 0 unspecified atom stereocenters. The number of ketones is 1. The standard InChI is InChI=1S/C28H30N2O10/c1-34-20-14-17(25(35-2)27-26(20)39-15-40-27)22-21(23(31)16-3-4-18-19(13-16)38-12-11-37-18)24(32)28(33)30(22)6-5-29-7-9-36-10-8-29/h3-4,13-14,22,31H,5-12,15H2,1-2H3/t22-/m1/s1. The van der Waals surface area contributed by atoms with E-state index in [0.29, 0.717) is 85.9 Å². The molecule has 40 heavy (non-hydrogen) atoms. The Hall–Kier alpha value is -4.16. The van der Waals surface area contributed by atoms with Crippen LogP contribution in [0.1, 0.15) is 17.2 Å². The lowest BCUT2D eigenvalue weighted by molar-refractivity contribution is -0.140. The number of aliphatic hydroxyl groups is 1. The highest BCUT2D eigenvalue weighted by Gasteiger charge is 2.48. The summed E-state index contributed by atoms with van der Waals surface area (Å²) in [6.45, 7) is 4.10. The van der Waals surface area contributed by atoms with E-state index in [0.717, 1.165) is 0 Å². The first-order valence-corrected chi connectivity index (χ1v) is 13.0. The van der Waals surface area contributed by atoms with E-state index < -0.39 is 17.7 Å². The van der Waals surface area contributed by atoms with Crippen LogP contribution in [0.3, 0.4) is 0 Å². The normalized spacial score (nSPS) is 21.6. The second kappa shape index (κ2) is 10.8. The fourth-order valence-electron chi connectivity index (χ4n) is 5.45. The number of morpholine rings is 1. The summed E-state index contributed by atoms with van der Waals surface area (Å²) in [5.74, 6) is 0.395. The number of methoxy groups -OCH3 is 2. The number of amides is 1. The summed E-state index contributed by atoms with van der Waals surface area (Å²) < 4.78 is 39.3. The quantitative estimate of drug-likeness (QED) is 0.307. The molecule has 1 amide bonds. The molecule has 1 N–H and O–H groups in total. The topological polar surface area (TPSA) is 125 Å². The van der Waals surface area contributed by atoms with Crippen molar-refractivity contribution >= 4 is 17.4 Å². The maximum atomic E-state index is 13.6. The fourth-order valence-corrected chi connectivity index (χ4v) is 5.45. The van der Waals surface area contributed by atoms with Crippen molar-refractivity contribution in [2.45, 2.75) is 6.04 Å². The van der Waals surface area contributed by atoms with Crippen LogP contribution in [0.2, 0.25) is 0 Å². The summed E-state index contributed by atoms with van der Waals surface area (Å²) in [6, 6.07) is 5.55. The van der Waals surface area contributed by atoms with E-state index >= 15 is 0 Å². The Balaban J connectivity index is 1.49. The van der Waals surface area contributed by atoms with Crippen LogP contribution in [0.4, 0.5) is 0 Å². The molecule has 12 nitrogen and oxygen atoms in total. The molecule has 2 saturated heterocycles. The SMILES string of the molecule is COc1cc([C@@H]2C(=C(O)c3ccc4c(c3)OCCO4)C(=O)C(=O)N2CCN2CCOCC2)c(OC)c2c1OCO2. The van der Waals surface area contributed by atoms with Gasteiger partial charge in [0.2, 0.25) is 18.3 Å². The molecular weight excluding hydrogens is 524 g/mol. The Morgan fingerprint density at radius 2 is 1.68 bits per heavy atom. The molecule has 1 atom stereocenters. The van der Waals surface area contributed by atoms with Gasteiger partial charge < -0.3 is 43.2 Å². The number of hydrogen-bond donors (Lipinski definition) is 1. The molecule has 4 aliphatic rings. The predicted molar refractivity (Wildman–Crippen MR) is 139 cm³/mol. The molecule has 4 aliphatic heterocycles. The van der Waals surface area contributed by atoms with Crippen molar-refractivity contribution in [1.29, 1.82) is 0 Å². The minimum absolute atomic E-state index is 0.0417. The van der Waals surface area contributed by atoms with Crippen molar-refractivity contribution in [3.05, 3.63) is 41.0 Å². The van der Waals surface area contributed by atoms with Crippen molar-refractivity contribution in [3.8, 4) is 34.5 Å². The van der Waals surface area contributed by atoms with Crippen LogP contribution in [-0.4, -0.2) is 100 Å². The number of benzene rings is 2. The number of fused-ring (bicyclic) bond motifs is 2. The molecule has 0 aliphatic carbocycles. The van der Waals surface area contributed by atoms with E-state index in [1.54, 1.807) is 24.3 Å². The molecular formula is C28H30N2O10. The number of rotatable bonds is 7. The first-order valence-electron chi connectivity index (χ1n) is 13.0. The van der Waals surface area contributed by atoms with Gasteiger partial charge in [0, 0.05) is 37.3 Å². The minimum Gasteiger partial charge on any atom is -0.507 e. The second-order valence-electron chi connectivity index (χ2n) is 9.57. The number of carbonyl (C=O) groups excluding carboxylic acids is 2. The molecule has 2 aromatic rings. The third-order valence-corrected chi connectivity index (χ3v) is 7.43. The van der Waals surface area contributed by atoms with Crippen LogP contribution in [0, 0.1) is 0 Å². The molecule has 6 rings (SSSR count). The van der Waals surface area contributed by atoms with Crippen LogP contribution in [-0.2, 0) is 14.3 Å². The first-order chi connectivity index (χ1) is 19.5. The first kappa shape index (κ1) is 26.1. The minimum atomic E-state index is -0.993. The second-order valence-corrected chi connectivity index (χ2v) is 9.57. The monoisotopic (exact) mass is 554 g/mol. The van der Waals surface area contributed by atoms with E-state index in [1.807, 2.05) is 0 Å². The van der Waals surface area contributed by atoms with Crippen molar-refractivity contribution < 1.29 is 47.9 Å². The van der Waals surface area contributed by atoms with Gasteiger partial charge in [0.1, 0.15) is 19.0 Å². The number of ether oxygens (including phenoxy) is 7. The predicted octanol–water partition coefficient (Wildman–Crippen LogP) is 1.96. The van der Waals surface area contributed by atoms with Crippen molar-refractivity contribution in [2.75, 3.05) is 73.6 Å². The molecule has 12 heteroatoms. The third kappa shape index (κ3) is 4.42. The Bertz CT molecular complexity index is 1370. The molecule has 0 saturated carbocycles. The molecule has 212 valence electrons. The molecule has 0 spiro atoms. The molecule has 2 fully saturated rings. The van der Waals surface area contributed by atoms with Crippen LogP contribution in [0.15, 0.2) is 29.8 Å². The number of Topliss-reactive ketones (excluding diaryl/α,β-unsaturated/α-hetero) is 1. The summed E-state index contributed by atoms with van der Waals surface area (Å²) in [5.41, 5.74) is 0.652. The molecule has 2 aromatic carbocycles. The van der Waals surface area contributed by atoms with Crippen molar-refractivity contribution in [3.63, 3.8) is 0 Å². The summed E-state index contributed by atoms with van der Waals surface area (Å²) in [7, 11) is 2.95. The average molecular weight is 555 g/mol. The number of hydrogen-bond acceptors (Lipinski definition) is 11. The van der Waals surface area contributed by atoms with Gasteiger partial charge in [0.15, 0.2) is 23.0 Å². The zero-order chi connectivity index (χ0) is 27.8. The number of likely N-dealkylation sites (tertiary alicyclic amines) is 1. The molecule has 0 aromatic heterocycles. The Morgan fingerprint density at radius 1 is 0.925 bits per heavy atom. The van der Waals surface area contributed by atoms with E-state index in [1.165, 1.54) is 19.1 Å². The fraction of sp³-hybridized carbons (Fsp3) is 0.429. The lowest BCUT2D eigenvalue weighted by Crippen LogP contribution is -2.42. The summed E-state index contributed by atoms with van der Waals surface area (Å²) in [5, 5.41) is 11.6. The van der Waals surface area contributed by atoms with E-state index in [9.17, 15) is 14.7 Å². The zero-order valence-electron chi connectivity index (χ0n) is 22.3. The van der Waals surface area contributed by atoms with Gasteiger partial charge in [-0.1, -0.05) is 0 Å². The highest BCUT2D eigenvalue weighted by Crippen LogP contribution is 2.54. The van der Waals surface area contributed by atoms with Gasteiger partial charge in [-0.25, -0.2) is 0 Å². The maximum Gasteiger partial charge on any atom is 0.295 e. The summed E-state index contributed by atoms with van der Waals surface area (Å²) >= 11 is 0. The smallest absolute Gasteiger partial charge is 0.295 e. The van der Waals surface area contributed by atoms with Crippen molar-refractivity contribution in [1.82, 2.24) is 9.80 Å². The van der Waals surface area contributed by atoms with Gasteiger partial charge in [-0.2, -0.15) is 0 Å². The zero-order valence-corrected chi connectivity index (χ0v) is 22.3. The van der Waals surface area contributed by atoms with Crippen molar-refractivity contribution in [2.24, 2.45) is 0 Å². The van der Waals surface area contributed by atoms with Gasteiger partial charge in [-0.15, -0.1) is 0 Å². The molecule has 4 heterocycles. The van der Waals surface area contributed by atoms with Gasteiger partial charge >= 0.3 is 0 Å². The van der Waals surface area contributed by atoms with Gasteiger partial charge in [-0.3, -0.25) is 14.5 Å². The molecule has 0 bridgehead atoms. The van der Waals surface area contributed by atoms with Crippen LogP contribution in [0.25, 0.3) is 5.76 Å². The Morgan fingerprint density at radius 3 is 2.42 bits per heavy atom. The molecule has 0 radical (unpaired) electrons. The Labute approximate surface area is 230 Å². The van der Waals surface area contributed by atoms with Gasteiger partial charge in [0.25, 0.3) is 11.7 Å². The highest BCUT2D eigenvalue weighted by atomic mass is 16.7. The van der Waals surface area contributed by atoms with Crippen LogP contribution in [0.5, 0.6) is 34.5 Å². The van der Waals surface area contributed by atoms with Crippen LogP contribution < -0.4 is 28.4 Å². The number of carbonyl (C=O) groups is 2. The average Bonchev–Trinajstić information content (AvgIpc) is 3.58. The summed E-state index contributed by atoms with van der Waals surface area (Å²) in [6.07, 6.45) is 0. The van der Waals surface area contributed by atoms with E-state index in [4.69, 9.17) is 33.2 Å². The van der Waals surface area contributed by atoms with Gasteiger partial charge in [0.05, 0.1) is 39.0 Å². The largest absolute Gasteiger partial charge is 0.507 e. The van der Waals surface area contributed by atoms with Gasteiger partial charge in [-0.05, 0) is 24.3 Å². The Kier molecular flexibility index (Phi) is 7.03. The third-order valence-electron chi connectivity index (χ3n) is 7.43. The number of aliphatic hydroxyl groups excluding tert-OH is 1. The van der Waals surface area contributed by atoms with E-state index in [2.05, 4.69) is 4.90 Å². The highest BCUT2D eigenvalue weighted by molar-refractivity contribution is 6.46. The lowest BCUT2D eigenvalue weighted by atomic mass is 9.93. The van der Waals surface area contributed by atoms with Crippen LogP contribution >= 0.6 is 0 Å². The maximum absolute atomic E-state index is 13.6. The number of nitrogens with zero attached hydrogens (tertiary/aromatic N) is 2. The summed E-state index contributed by atoms with van der Waals surface area (Å²) in [4.78, 5) is 30.8.